The SMILES string of the molecule is CCC(=O)N(Cc1ccc(OS(=O)(=O)CC)cc1)Cc1ccco1. The summed E-state index contributed by atoms with van der Waals surface area (Å²) < 4.78 is 33.1. The third-order valence-corrected chi connectivity index (χ3v) is 4.61. The van der Waals surface area contributed by atoms with E-state index in [0.717, 1.165) is 5.56 Å². The van der Waals surface area contributed by atoms with Crippen LogP contribution in [0, 0.1) is 0 Å². The number of hydrogen-bond acceptors (Lipinski definition) is 5. The lowest BCUT2D eigenvalue weighted by Crippen LogP contribution is -2.29. The van der Waals surface area contributed by atoms with Crippen LogP contribution in [0.25, 0.3) is 0 Å². The minimum absolute atomic E-state index is 0.0142. The average molecular weight is 351 g/mol. The Bertz CT molecular complexity index is 751. The van der Waals surface area contributed by atoms with Gasteiger partial charge in [-0.25, -0.2) is 0 Å². The minimum atomic E-state index is -3.54. The van der Waals surface area contributed by atoms with Gasteiger partial charge in [-0.1, -0.05) is 19.1 Å². The second kappa shape index (κ2) is 8.01. The van der Waals surface area contributed by atoms with Gasteiger partial charge in [-0.15, -0.1) is 0 Å². The predicted octanol–water partition coefficient (Wildman–Crippen LogP) is 2.95. The summed E-state index contributed by atoms with van der Waals surface area (Å²) in [4.78, 5) is 13.8. The molecule has 0 N–H and O–H groups in total. The maximum atomic E-state index is 12.1. The second-order valence-electron chi connectivity index (χ2n) is 5.26. The molecule has 0 atom stereocenters. The first-order valence-corrected chi connectivity index (χ1v) is 9.32. The Balaban J connectivity index is 2.07. The summed E-state index contributed by atoms with van der Waals surface area (Å²) in [6.07, 6.45) is 1.97. The normalized spacial score (nSPS) is 11.2. The van der Waals surface area contributed by atoms with E-state index in [9.17, 15) is 13.2 Å². The molecule has 130 valence electrons. The van der Waals surface area contributed by atoms with Gasteiger partial charge in [0, 0.05) is 13.0 Å². The molecule has 7 heteroatoms. The first-order valence-electron chi connectivity index (χ1n) is 7.74. The van der Waals surface area contributed by atoms with Crippen molar-refractivity contribution in [2.75, 3.05) is 5.75 Å². The summed E-state index contributed by atoms with van der Waals surface area (Å²) >= 11 is 0. The number of carbonyl (C=O) groups excluding carboxylic acids is 1. The van der Waals surface area contributed by atoms with Gasteiger partial charge in [0.1, 0.15) is 11.5 Å². The van der Waals surface area contributed by atoms with Crippen LogP contribution in [0.1, 0.15) is 31.6 Å². The fraction of sp³-hybridized carbons (Fsp3) is 0.353. The van der Waals surface area contributed by atoms with E-state index in [1.54, 1.807) is 41.5 Å². The van der Waals surface area contributed by atoms with Crippen LogP contribution in [0.2, 0.25) is 0 Å². The largest absolute Gasteiger partial charge is 0.467 e. The molecule has 24 heavy (non-hydrogen) atoms. The molecule has 0 aliphatic rings. The molecule has 0 bridgehead atoms. The molecule has 1 aromatic heterocycles. The molecule has 0 aliphatic carbocycles. The summed E-state index contributed by atoms with van der Waals surface area (Å²) in [5, 5.41) is 0. The van der Waals surface area contributed by atoms with Crippen molar-refractivity contribution in [1.82, 2.24) is 4.90 Å². The minimum Gasteiger partial charge on any atom is -0.467 e. The van der Waals surface area contributed by atoms with Crippen LogP contribution < -0.4 is 4.18 Å². The molecule has 0 saturated heterocycles. The van der Waals surface area contributed by atoms with E-state index >= 15 is 0 Å². The van der Waals surface area contributed by atoms with Crippen molar-refractivity contribution < 1.29 is 21.8 Å². The smallest absolute Gasteiger partial charge is 0.308 e. The van der Waals surface area contributed by atoms with Crippen LogP contribution in [0.5, 0.6) is 5.75 Å². The molecular weight excluding hydrogens is 330 g/mol. The van der Waals surface area contributed by atoms with Crippen molar-refractivity contribution in [2.45, 2.75) is 33.4 Å². The van der Waals surface area contributed by atoms with Crippen LogP contribution in [0.15, 0.2) is 47.1 Å². The van der Waals surface area contributed by atoms with E-state index in [2.05, 4.69) is 0 Å². The highest BCUT2D eigenvalue weighted by atomic mass is 32.2. The van der Waals surface area contributed by atoms with Crippen molar-refractivity contribution in [1.29, 1.82) is 0 Å². The van der Waals surface area contributed by atoms with E-state index in [-0.39, 0.29) is 17.4 Å². The van der Waals surface area contributed by atoms with Gasteiger partial charge in [-0.2, -0.15) is 8.42 Å². The Morgan fingerprint density at radius 2 is 1.83 bits per heavy atom. The highest BCUT2D eigenvalue weighted by molar-refractivity contribution is 7.87. The topological polar surface area (TPSA) is 76.8 Å². The number of rotatable bonds is 8. The molecule has 0 aliphatic heterocycles. The van der Waals surface area contributed by atoms with E-state index in [0.29, 0.717) is 25.3 Å². The Kier molecular flexibility index (Phi) is 6.03. The van der Waals surface area contributed by atoms with Crippen molar-refractivity contribution in [3.05, 3.63) is 54.0 Å². The molecule has 2 aromatic rings. The molecule has 6 nitrogen and oxygen atoms in total. The Hall–Kier alpha value is -2.28. The summed E-state index contributed by atoms with van der Waals surface area (Å²) in [5.41, 5.74) is 0.879. The van der Waals surface area contributed by atoms with Gasteiger partial charge < -0.3 is 13.5 Å². The van der Waals surface area contributed by atoms with Crippen LogP contribution in [-0.2, 0) is 28.0 Å². The van der Waals surface area contributed by atoms with Gasteiger partial charge in [-0.3, -0.25) is 4.79 Å². The maximum absolute atomic E-state index is 12.1. The van der Waals surface area contributed by atoms with Crippen molar-refractivity contribution >= 4 is 16.0 Å². The second-order valence-corrected chi connectivity index (χ2v) is 7.12. The lowest BCUT2D eigenvalue weighted by atomic mass is 10.2. The Morgan fingerprint density at radius 3 is 2.38 bits per heavy atom. The first-order chi connectivity index (χ1) is 11.4. The zero-order valence-electron chi connectivity index (χ0n) is 13.8. The van der Waals surface area contributed by atoms with E-state index < -0.39 is 10.1 Å². The number of furan rings is 1. The summed E-state index contributed by atoms with van der Waals surface area (Å²) in [7, 11) is -3.54. The fourth-order valence-electron chi connectivity index (χ4n) is 2.12. The number of carbonyl (C=O) groups is 1. The molecule has 1 aromatic carbocycles. The third-order valence-electron chi connectivity index (χ3n) is 3.46. The average Bonchev–Trinajstić information content (AvgIpc) is 3.08. The Morgan fingerprint density at radius 1 is 1.12 bits per heavy atom. The first kappa shape index (κ1) is 18.1. The molecule has 0 spiro atoms. The van der Waals surface area contributed by atoms with Crippen LogP contribution in [0.4, 0.5) is 0 Å². The van der Waals surface area contributed by atoms with Gasteiger partial charge in [0.05, 0.1) is 18.6 Å². The van der Waals surface area contributed by atoms with Gasteiger partial charge >= 0.3 is 10.1 Å². The van der Waals surface area contributed by atoms with Gasteiger partial charge in [0.25, 0.3) is 0 Å². The van der Waals surface area contributed by atoms with Gasteiger partial charge in [0.15, 0.2) is 0 Å². The van der Waals surface area contributed by atoms with Crippen LogP contribution in [0.3, 0.4) is 0 Å². The monoisotopic (exact) mass is 351 g/mol. The molecular formula is C17H21NO5S. The fourth-order valence-corrected chi connectivity index (χ4v) is 2.65. The summed E-state index contributed by atoms with van der Waals surface area (Å²) in [6, 6.07) is 10.3. The summed E-state index contributed by atoms with van der Waals surface area (Å²) in [5.74, 6) is 0.905. The number of nitrogens with zero attached hydrogens (tertiary/aromatic N) is 1. The van der Waals surface area contributed by atoms with Gasteiger partial charge in [0.2, 0.25) is 5.91 Å². The van der Waals surface area contributed by atoms with Crippen LogP contribution in [-0.4, -0.2) is 25.0 Å². The van der Waals surface area contributed by atoms with Crippen LogP contribution >= 0.6 is 0 Å². The standard InChI is InChI=1S/C17H21NO5S/c1-3-17(19)18(13-16-6-5-11-22-16)12-14-7-9-15(10-8-14)23-24(20,21)4-2/h5-11H,3-4,12-13H2,1-2H3. The number of benzene rings is 1. The summed E-state index contributed by atoms with van der Waals surface area (Å²) in [6.45, 7) is 4.13. The zero-order chi connectivity index (χ0) is 17.6. The lowest BCUT2D eigenvalue weighted by Gasteiger charge is -2.21. The molecule has 0 radical (unpaired) electrons. The zero-order valence-corrected chi connectivity index (χ0v) is 14.6. The highest BCUT2D eigenvalue weighted by Gasteiger charge is 2.15. The van der Waals surface area contributed by atoms with E-state index in [1.807, 2.05) is 13.0 Å². The molecule has 0 fully saturated rings. The number of hydrogen-bond donors (Lipinski definition) is 0. The van der Waals surface area contributed by atoms with Gasteiger partial charge in [-0.05, 0) is 36.8 Å². The maximum Gasteiger partial charge on any atom is 0.308 e. The Labute approximate surface area is 142 Å². The van der Waals surface area contributed by atoms with Crippen molar-refractivity contribution in [3.8, 4) is 5.75 Å². The number of amides is 1. The lowest BCUT2D eigenvalue weighted by molar-refractivity contribution is -0.132. The van der Waals surface area contributed by atoms with Crippen molar-refractivity contribution in [3.63, 3.8) is 0 Å². The highest BCUT2D eigenvalue weighted by Crippen LogP contribution is 2.17. The molecule has 2 rings (SSSR count). The third kappa shape index (κ3) is 5.13. The molecule has 1 amide bonds. The molecule has 0 saturated carbocycles. The molecule has 0 unspecified atom stereocenters. The van der Waals surface area contributed by atoms with E-state index in [4.69, 9.17) is 8.60 Å². The van der Waals surface area contributed by atoms with E-state index in [1.165, 1.54) is 6.92 Å². The molecule has 1 heterocycles. The predicted molar refractivity (Wildman–Crippen MR) is 89.8 cm³/mol. The van der Waals surface area contributed by atoms with Crippen molar-refractivity contribution in [2.24, 2.45) is 0 Å². The quantitative estimate of drug-likeness (QED) is 0.683.